The summed E-state index contributed by atoms with van der Waals surface area (Å²) in [6.07, 6.45) is 4.55. The summed E-state index contributed by atoms with van der Waals surface area (Å²) in [5.74, 6) is -3.56. The van der Waals surface area contributed by atoms with Gasteiger partial charge in [-0.25, -0.2) is 26.9 Å². The summed E-state index contributed by atoms with van der Waals surface area (Å²) in [4.78, 5) is 10.6. The number of ether oxygens (including phenoxy) is 1. The minimum atomic E-state index is -4.17. The molecule has 0 saturated carbocycles. The maximum Gasteiger partial charge on any atom is 0.277 e. The third kappa shape index (κ3) is 6.38. The second kappa shape index (κ2) is 11.2. The molecule has 1 aliphatic rings. The summed E-state index contributed by atoms with van der Waals surface area (Å²) in [5.41, 5.74) is 1.55. The summed E-state index contributed by atoms with van der Waals surface area (Å²) in [6.45, 7) is 4.52. The second-order valence-electron chi connectivity index (χ2n) is 10.5. The van der Waals surface area contributed by atoms with E-state index in [1.165, 1.54) is 17.1 Å². The van der Waals surface area contributed by atoms with E-state index in [-0.39, 0.29) is 10.6 Å². The van der Waals surface area contributed by atoms with E-state index in [0.717, 1.165) is 38.4 Å². The molecule has 1 saturated heterocycles. The van der Waals surface area contributed by atoms with E-state index < -0.39 is 33.3 Å². The first kappa shape index (κ1) is 28.6. The Morgan fingerprint density at radius 3 is 2.32 bits per heavy atom. The van der Waals surface area contributed by atoms with Gasteiger partial charge in [0.15, 0.2) is 0 Å². The van der Waals surface area contributed by atoms with Crippen molar-refractivity contribution in [1.82, 2.24) is 24.6 Å². The zero-order chi connectivity index (χ0) is 29.4. The number of sulfonamides is 1. The van der Waals surface area contributed by atoms with Gasteiger partial charge < -0.3 is 9.64 Å². The van der Waals surface area contributed by atoms with Gasteiger partial charge in [0, 0.05) is 25.7 Å². The van der Waals surface area contributed by atoms with Gasteiger partial charge >= 0.3 is 0 Å². The summed E-state index contributed by atoms with van der Waals surface area (Å²) in [5, 5.41) is 3.90. The fourth-order valence-electron chi connectivity index (χ4n) is 4.97. The number of aromatic nitrogens is 4. The molecule has 0 unspecified atom stereocenters. The van der Waals surface area contributed by atoms with Crippen molar-refractivity contribution in [2.45, 2.75) is 43.4 Å². The van der Waals surface area contributed by atoms with Crippen LogP contribution in [0.25, 0.3) is 11.3 Å². The maximum atomic E-state index is 15.3. The Labute approximate surface area is 238 Å². The van der Waals surface area contributed by atoms with Gasteiger partial charge in [0.1, 0.15) is 16.2 Å². The van der Waals surface area contributed by atoms with E-state index >= 15 is 8.78 Å². The van der Waals surface area contributed by atoms with Crippen LogP contribution in [0.15, 0.2) is 65.8 Å². The molecule has 216 valence electrons. The van der Waals surface area contributed by atoms with Gasteiger partial charge in [-0.3, -0.25) is 4.68 Å². The van der Waals surface area contributed by atoms with E-state index in [9.17, 15) is 8.42 Å². The zero-order valence-electron chi connectivity index (χ0n) is 23.3. The van der Waals surface area contributed by atoms with Crippen molar-refractivity contribution in [3.63, 3.8) is 0 Å². The van der Waals surface area contributed by atoms with Crippen LogP contribution in [0.2, 0.25) is 0 Å². The number of halogens is 2. The van der Waals surface area contributed by atoms with E-state index in [1.54, 1.807) is 50.4 Å². The lowest BCUT2D eigenvalue weighted by Gasteiger charge is -2.29. The van der Waals surface area contributed by atoms with Crippen molar-refractivity contribution in [2.24, 2.45) is 7.05 Å². The minimum Gasteiger partial charge on any atom is -0.438 e. The summed E-state index contributed by atoms with van der Waals surface area (Å²) >= 11 is 0. The number of likely N-dealkylation sites (tertiary alicyclic amines) is 1. The molecule has 1 fully saturated rings. The maximum absolute atomic E-state index is 15.3. The Hall–Kier alpha value is -3.90. The van der Waals surface area contributed by atoms with Gasteiger partial charge in [-0.05, 0) is 69.1 Å². The van der Waals surface area contributed by atoms with Gasteiger partial charge in [0.05, 0.1) is 11.9 Å². The highest BCUT2D eigenvalue weighted by Crippen LogP contribution is 2.43. The molecule has 0 atom stereocenters. The number of hydrogen-bond acceptors (Lipinski definition) is 7. The molecule has 5 rings (SSSR count). The fraction of sp³-hybridized carbons (Fsp3) is 0.345. The molecule has 2 aromatic heterocycles. The molecular formula is C29H32F2N6O3S. The van der Waals surface area contributed by atoms with Crippen molar-refractivity contribution >= 4 is 16.0 Å². The first-order chi connectivity index (χ1) is 19.4. The first-order valence-electron chi connectivity index (χ1n) is 13.2. The van der Waals surface area contributed by atoms with Crippen LogP contribution in [0.3, 0.4) is 0 Å². The van der Waals surface area contributed by atoms with Crippen LogP contribution in [0, 0.1) is 6.92 Å². The average Bonchev–Trinajstić information content (AvgIpc) is 3.36. The van der Waals surface area contributed by atoms with Crippen LogP contribution in [-0.4, -0.2) is 53.2 Å². The van der Waals surface area contributed by atoms with Crippen LogP contribution in [0.4, 0.5) is 14.7 Å². The third-order valence-electron chi connectivity index (χ3n) is 7.22. The van der Waals surface area contributed by atoms with E-state index in [1.807, 2.05) is 12.1 Å². The van der Waals surface area contributed by atoms with Gasteiger partial charge in [-0.15, -0.1) is 0 Å². The Morgan fingerprint density at radius 2 is 1.71 bits per heavy atom. The van der Waals surface area contributed by atoms with Crippen LogP contribution < -0.4 is 9.46 Å². The second-order valence-corrected chi connectivity index (χ2v) is 12.2. The number of alkyl halides is 2. The predicted octanol–water partition coefficient (Wildman–Crippen LogP) is 5.70. The molecule has 0 radical (unpaired) electrons. The lowest BCUT2D eigenvalue weighted by Crippen LogP contribution is -2.29. The lowest BCUT2D eigenvalue weighted by atomic mass is 9.90. The summed E-state index contributed by atoms with van der Waals surface area (Å²) in [6, 6.07) is 14.2. The molecule has 1 aliphatic heterocycles. The third-order valence-corrected chi connectivity index (χ3v) is 8.50. The van der Waals surface area contributed by atoms with Crippen molar-refractivity contribution in [2.75, 3.05) is 24.9 Å². The molecule has 3 heterocycles. The molecule has 0 spiro atoms. The minimum absolute atomic E-state index is 0.127. The SMILES string of the molecule is Cc1ccccc1-c1nc(NS(=O)(=O)c2cnn(C)c2)nc(Oc2ccc(C3CCN(C)CC3)cc2)c1C(C)(F)F. The van der Waals surface area contributed by atoms with Gasteiger partial charge in [-0.1, -0.05) is 36.4 Å². The molecule has 0 bridgehead atoms. The molecule has 41 heavy (non-hydrogen) atoms. The van der Waals surface area contributed by atoms with E-state index in [4.69, 9.17) is 4.74 Å². The number of hydrogen-bond donors (Lipinski definition) is 1. The van der Waals surface area contributed by atoms with Gasteiger partial charge in [0.2, 0.25) is 11.8 Å². The molecular weight excluding hydrogens is 550 g/mol. The molecule has 9 nitrogen and oxygen atoms in total. The number of aryl methyl sites for hydroxylation is 2. The highest BCUT2D eigenvalue weighted by Gasteiger charge is 2.36. The van der Waals surface area contributed by atoms with Crippen LogP contribution in [0.1, 0.15) is 42.4 Å². The normalized spacial score (nSPS) is 15.2. The number of benzene rings is 2. The standard InChI is InChI=1S/C29H32F2N6O3S/c1-19-7-5-6-8-24(19)26-25(29(2,30)31)27(34-28(33-26)35-41(38,39)23-17-32-37(4)18-23)40-22-11-9-20(10-12-22)21-13-15-36(3)16-14-21/h5-12,17-18,21H,13-16H2,1-4H3,(H,33,34,35). The van der Waals surface area contributed by atoms with Crippen LogP contribution in [0.5, 0.6) is 11.6 Å². The Bertz CT molecular complexity index is 1640. The largest absolute Gasteiger partial charge is 0.438 e. The predicted molar refractivity (Wildman–Crippen MR) is 152 cm³/mol. The zero-order valence-corrected chi connectivity index (χ0v) is 24.1. The molecule has 0 aliphatic carbocycles. The molecule has 0 amide bonds. The van der Waals surface area contributed by atoms with Crippen molar-refractivity contribution in [3.05, 3.63) is 77.6 Å². The Balaban J connectivity index is 1.58. The smallest absolute Gasteiger partial charge is 0.277 e. The Kier molecular flexibility index (Phi) is 7.80. The quantitative estimate of drug-likeness (QED) is 0.284. The monoisotopic (exact) mass is 582 g/mol. The van der Waals surface area contributed by atoms with E-state index in [0.29, 0.717) is 22.8 Å². The molecule has 2 aromatic carbocycles. The number of nitrogens with one attached hydrogen (secondary N) is 1. The molecule has 1 N–H and O–H groups in total. The van der Waals surface area contributed by atoms with Crippen LogP contribution >= 0.6 is 0 Å². The van der Waals surface area contributed by atoms with Gasteiger partial charge in [0.25, 0.3) is 15.9 Å². The molecule has 4 aromatic rings. The van der Waals surface area contributed by atoms with Crippen molar-refractivity contribution in [1.29, 1.82) is 0 Å². The lowest BCUT2D eigenvalue weighted by molar-refractivity contribution is 0.0153. The van der Waals surface area contributed by atoms with Crippen molar-refractivity contribution < 1.29 is 21.9 Å². The van der Waals surface area contributed by atoms with Gasteiger partial charge in [-0.2, -0.15) is 10.1 Å². The summed E-state index contributed by atoms with van der Waals surface area (Å²) < 4.78 is 66.2. The average molecular weight is 583 g/mol. The number of rotatable bonds is 8. The fourth-order valence-corrected chi connectivity index (χ4v) is 5.89. The highest BCUT2D eigenvalue weighted by atomic mass is 32.2. The number of anilines is 1. The van der Waals surface area contributed by atoms with Crippen LogP contribution in [-0.2, 0) is 23.0 Å². The Morgan fingerprint density at radius 1 is 1.02 bits per heavy atom. The van der Waals surface area contributed by atoms with E-state index in [2.05, 4.69) is 31.7 Å². The highest BCUT2D eigenvalue weighted by molar-refractivity contribution is 7.92. The first-order valence-corrected chi connectivity index (χ1v) is 14.7. The molecule has 12 heteroatoms. The number of piperidine rings is 1. The number of nitrogens with zero attached hydrogens (tertiary/aromatic N) is 5. The van der Waals surface area contributed by atoms with Crippen molar-refractivity contribution in [3.8, 4) is 22.9 Å². The summed E-state index contributed by atoms with van der Waals surface area (Å²) in [7, 11) is -0.486. The topological polar surface area (TPSA) is 102 Å².